The number of rotatable bonds is 2. The van der Waals surface area contributed by atoms with Crippen molar-refractivity contribution in [2.75, 3.05) is 0 Å². The molecule has 1 aliphatic rings. The average Bonchev–Trinajstić information content (AvgIpc) is 2.47. The molecule has 2 N–H and O–H groups in total. The van der Waals surface area contributed by atoms with E-state index >= 15 is 0 Å². The van der Waals surface area contributed by atoms with Gasteiger partial charge in [-0.1, -0.05) is 23.8 Å². The molecule has 0 bridgehead atoms. The standard InChI is InChI=1S/C14H22BNO2/c1-10-6-7-12(11(8-10)9-16)15-17-13(2,3)14(4,5)18-15/h6-8H,9,16H2,1-5H3. The minimum Gasteiger partial charge on any atom is -0.399 e. The Balaban J connectivity index is 2.35. The maximum atomic E-state index is 6.05. The fourth-order valence-electron chi connectivity index (χ4n) is 2.11. The zero-order valence-corrected chi connectivity index (χ0v) is 11.9. The summed E-state index contributed by atoms with van der Waals surface area (Å²) in [5.41, 5.74) is 8.53. The van der Waals surface area contributed by atoms with Gasteiger partial charge in [0, 0.05) is 6.54 Å². The van der Waals surface area contributed by atoms with E-state index in [0.29, 0.717) is 6.54 Å². The lowest BCUT2D eigenvalue weighted by Crippen LogP contribution is -2.41. The average molecular weight is 247 g/mol. The Morgan fingerprint density at radius 3 is 2.17 bits per heavy atom. The van der Waals surface area contributed by atoms with Crippen LogP contribution in [0.25, 0.3) is 0 Å². The molecule has 0 unspecified atom stereocenters. The second kappa shape index (κ2) is 4.37. The van der Waals surface area contributed by atoms with Crippen molar-refractivity contribution in [1.82, 2.24) is 0 Å². The van der Waals surface area contributed by atoms with Gasteiger partial charge in [-0.2, -0.15) is 0 Å². The molecule has 1 saturated heterocycles. The Labute approximate surface area is 110 Å². The molecular formula is C14H22BNO2. The molecular weight excluding hydrogens is 225 g/mol. The molecule has 0 aromatic heterocycles. The van der Waals surface area contributed by atoms with Gasteiger partial charge in [0.2, 0.25) is 0 Å². The fourth-order valence-corrected chi connectivity index (χ4v) is 2.11. The summed E-state index contributed by atoms with van der Waals surface area (Å²) in [6.07, 6.45) is 0. The first kappa shape index (κ1) is 13.6. The topological polar surface area (TPSA) is 44.5 Å². The molecule has 0 spiro atoms. The molecule has 1 aliphatic heterocycles. The maximum absolute atomic E-state index is 6.05. The smallest absolute Gasteiger partial charge is 0.399 e. The summed E-state index contributed by atoms with van der Waals surface area (Å²) in [6.45, 7) is 10.8. The predicted octanol–water partition coefficient (Wildman–Crippen LogP) is 1.75. The highest BCUT2D eigenvalue weighted by Gasteiger charge is 2.52. The second-order valence-corrected chi connectivity index (χ2v) is 5.99. The summed E-state index contributed by atoms with van der Waals surface area (Å²) in [5, 5.41) is 0. The van der Waals surface area contributed by atoms with Gasteiger partial charge in [-0.05, 0) is 45.6 Å². The summed E-state index contributed by atoms with van der Waals surface area (Å²) in [7, 11) is -0.325. The Hall–Kier alpha value is -0.835. The van der Waals surface area contributed by atoms with Crippen LogP contribution in [0.5, 0.6) is 0 Å². The van der Waals surface area contributed by atoms with Crippen LogP contribution >= 0.6 is 0 Å². The van der Waals surface area contributed by atoms with Crippen molar-refractivity contribution in [2.45, 2.75) is 52.4 Å². The number of nitrogens with two attached hydrogens (primary N) is 1. The molecule has 1 aromatic rings. The van der Waals surface area contributed by atoms with Crippen LogP contribution in [0.3, 0.4) is 0 Å². The Kier molecular flexibility index (Phi) is 3.30. The predicted molar refractivity (Wildman–Crippen MR) is 74.8 cm³/mol. The van der Waals surface area contributed by atoms with Gasteiger partial charge in [0.05, 0.1) is 11.2 Å². The molecule has 0 atom stereocenters. The van der Waals surface area contributed by atoms with Gasteiger partial charge < -0.3 is 15.0 Å². The molecule has 3 nitrogen and oxygen atoms in total. The van der Waals surface area contributed by atoms with Crippen molar-refractivity contribution in [3.63, 3.8) is 0 Å². The number of hydrogen-bond acceptors (Lipinski definition) is 3. The molecule has 0 amide bonds. The molecule has 98 valence electrons. The second-order valence-electron chi connectivity index (χ2n) is 5.99. The summed E-state index contributed by atoms with van der Waals surface area (Å²) < 4.78 is 12.1. The molecule has 2 rings (SSSR count). The van der Waals surface area contributed by atoms with E-state index in [1.165, 1.54) is 5.56 Å². The van der Waals surface area contributed by atoms with E-state index in [2.05, 4.69) is 52.8 Å². The van der Waals surface area contributed by atoms with Crippen LogP contribution in [0.15, 0.2) is 18.2 Å². The van der Waals surface area contributed by atoms with Gasteiger partial charge in [-0.25, -0.2) is 0 Å². The first-order valence-electron chi connectivity index (χ1n) is 6.42. The van der Waals surface area contributed by atoms with Gasteiger partial charge in [-0.3, -0.25) is 0 Å². The van der Waals surface area contributed by atoms with Gasteiger partial charge in [0.25, 0.3) is 0 Å². The highest BCUT2D eigenvalue weighted by molar-refractivity contribution is 6.62. The third-order valence-corrected chi connectivity index (χ3v) is 4.03. The van der Waals surface area contributed by atoms with E-state index in [1.54, 1.807) is 0 Å². The third-order valence-electron chi connectivity index (χ3n) is 4.03. The quantitative estimate of drug-likeness (QED) is 0.810. The molecule has 1 fully saturated rings. The number of hydrogen-bond donors (Lipinski definition) is 1. The summed E-state index contributed by atoms with van der Waals surface area (Å²) >= 11 is 0. The van der Waals surface area contributed by atoms with Crippen LogP contribution in [0, 0.1) is 6.92 Å². The highest BCUT2D eigenvalue weighted by atomic mass is 16.7. The summed E-state index contributed by atoms with van der Waals surface area (Å²) in [4.78, 5) is 0. The Morgan fingerprint density at radius 2 is 1.67 bits per heavy atom. The summed E-state index contributed by atoms with van der Waals surface area (Å²) in [6, 6.07) is 6.22. The normalized spacial score (nSPS) is 21.3. The molecule has 0 radical (unpaired) electrons. The van der Waals surface area contributed by atoms with Gasteiger partial charge >= 0.3 is 7.12 Å². The highest BCUT2D eigenvalue weighted by Crippen LogP contribution is 2.36. The minimum atomic E-state index is -0.325. The van der Waals surface area contributed by atoms with E-state index in [1.807, 2.05) is 0 Å². The summed E-state index contributed by atoms with van der Waals surface area (Å²) in [5.74, 6) is 0. The maximum Gasteiger partial charge on any atom is 0.495 e. The molecule has 1 heterocycles. The first-order valence-corrected chi connectivity index (χ1v) is 6.42. The van der Waals surface area contributed by atoms with Crippen LogP contribution in [0.4, 0.5) is 0 Å². The van der Waals surface area contributed by atoms with E-state index in [-0.39, 0.29) is 18.3 Å². The van der Waals surface area contributed by atoms with Crippen molar-refractivity contribution < 1.29 is 9.31 Å². The van der Waals surface area contributed by atoms with E-state index < -0.39 is 0 Å². The third kappa shape index (κ3) is 2.20. The van der Waals surface area contributed by atoms with Gasteiger partial charge in [0.1, 0.15) is 0 Å². The van der Waals surface area contributed by atoms with Gasteiger partial charge in [0.15, 0.2) is 0 Å². The number of aryl methyl sites for hydroxylation is 1. The van der Waals surface area contributed by atoms with Crippen LogP contribution in [-0.2, 0) is 15.9 Å². The van der Waals surface area contributed by atoms with Crippen molar-refractivity contribution >= 4 is 12.6 Å². The molecule has 4 heteroatoms. The molecule has 0 saturated carbocycles. The zero-order valence-electron chi connectivity index (χ0n) is 11.9. The Morgan fingerprint density at radius 1 is 1.11 bits per heavy atom. The lowest BCUT2D eigenvalue weighted by atomic mass is 9.75. The largest absolute Gasteiger partial charge is 0.495 e. The van der Waals surface area contributed by atoms with Gasteiger partial charge in [-0.15, -0.1) is 0 Å². The van der Waals surface area contributed by atoms with Crippen molar-refractivity contribution in [3.8, 4) is 0 Å². The van der Waals surface area contributed by atoms with E-state index in [9.17, 15) is 0 Å². The molecule has 1 aromatic carbocycles. The van der Waals surface area contributed by atoms with Crippen molar-refractivity contribution in [3.05, 3.63) is 29.3 Å². The van der Waals surface area contributed by atoms with E-state index in [0.717, 1.165) is 11.0 Å². The lowest BCUT2D eigenvalue weighted by molar-refractivity contribution is 0.00578. The fraction of sp³-hybridized carbons (Fsp3) is 0.571. The van der Waals surface area contributed by atoms with Crippen molar-refractivity contribution in [1.29, 1.82) is 0 Å². The van der Waals surface area contributed by atoms with Crippen LogP contribution in [0.1, 0.15) is 38.8 Å². The Bertz CT molecular complexity index is 441. The minimum absolute atomic E-state index is 0.311. The lowest BCUT2D eigenvalue weighted by Gasteiger charge is -2.32. The zero-order chi connectivity index (χ0) is 13.6. The molecule has 18 heavy (non-hydrogen) atoms. The monoisotopic (exact) mass is 247 g/mol. The van der Waals surface area contributed by atoms with Crippen LogP contribution in [0.2, 0.25) is 0 Å². The number of benzene rings is 1. The van der Waals surface area contributed by atoms with Crippen molar-refractivity contribution in [2.24, 2.45) is 5.73 Å². The SMILES string of the molecule is Cc1ccc(B2OC(C)(C)C(C)(C)O2)c(CN)c1. The first-order chi connectivity index (χ1) is 8.27. The van der Waals surface area contributed by atoms with Crippen LogP contribution in [-0.4, -0.2) is 18.3 Å². The van der Waals surface area contributed by atoms with Crippen LogP contribution < -0.4 is 11.2 Å². The van der Waals surface area contributed by atoms with E-state index in [4.69, 9.17) is 15.0 Å². The molecule has 0 aliphatic carbocycles.